The van der Waals surface area contributed by atoms with Crippen LogP contribution in [0.25, 0.3) is 0 Å². The molecule has 0 aliphatic heterocycles. The summed E-state index contributed by atoms with van der Waals surface area (Å²) >= 11 is 0. The van der Waals surface area contributed by atoms with Gasteiger partial charge in [-0.1, -0.05) is 287 Å². The van der Waals surface area contributed by atoms with Crippen LogP contribution in [0.3, 0.4) is 0 Å². The van der Waals surface area contributed by atoms with Crippen molar-refractivity contribution in [2.75, 3.05) is 39.6 Å². The van der Waals surface area contributed by atoms with Gasteiger partial charge in [0.1, 0.15) is 19.3 Å². The summed E-state index contributed by atoms with van der Waals surface area (Å²) < 4.78 is 68.2. The average molecular weight is 1300 g/mol. The molecule has 522 valence electrons. The normalized spacial score (nSPS) is 14.9. The molecule has 0 heterocycles. The summed E-state index contributed by atoms with van der Waals surface area (Å²) in [6, 6.07) is 0. The number of phosphoric ester groups is 2. The van der Waals surface area contributed by atoms with E-state index in [0.29, 0.717) is 25.7 Å². The van der Waals surface area contributed by atoms with Crippen LogP contribution in [0.4, 0.5) is 0 Å². The molecule has 0 bridgehead atoms. The van der Waals surface area contributed by atoms with Crippen molar-refractivity contribution in [2.24, 2.45) is 23.7 Å². The third kappa shape index (κ3) is 60.3. The first-order valence-corrected chi connectivity index (χ1v) is 38.8. The molecule has 88 heavy (non-hydrogen) atoms. The highest BCUT2D eigenvalue weighted by molar-refractivity contribution is 7.47. The second-order valence-corrected chi connectivity index (χ2v) is 29.3. The second kappa shape index (κ2) is 58.8. The zero-order valence-corrected chi connectivity index (χ0v) is 59.1. The van der Waals surface area contributed by atoms with Crippen LogP contribution in [0.1, 0.15) is 338 Å². The van der Waals surface area contributed by atoms with Gasteiger partial charge >= 0.3 is 39.5 Å². The predicted octanol–water partition coefficient (Wildman–Crippen LogP) is 19.3. The number of hydrogen-bond acceptors (Lipinski definition) is 15. The molecule has 4 unspecified atom stereocenters. The summed E-state index contributed by atoms with van der Waals surface area (Å²) in [6.07, 6.45) is 40.4. The predicted molar refractivity (Wildman–Crippen MR) is 354 cm³/mol. The fourth-order valence-corrected chi connectivity index (χ4v) is 11.8. The quantitative estimate of drug-likeness (QED) is 0.0222. The highest BCUT2D eigenvalue weighted by Crippen LogP contribution is 2.45. The maximum atomic E-state index is 13.0. The number of rotatable bonds is 66. The summed E-state index contributed by atoms with van der Waals surface area (Å²) in [5.74, 6) is 0.838. The summed E-state index contributed by atoms with van der Waals surface area (Å²) in [5.41, 5.74) is 0. The van der Waals surface area contributed by atoms with Gasteiger partial charge in [0, 0.05) is 25.7 Å². The van der Waals surface area contributed by atoms with Gasteiger partial charge in [0.15, 0.2) is 12.2 Å². The molecule has 0 aromatic rings. The highest BCUT2D eigenvalue weighted by atomic mass is 31.2. The van der Waals surface area contributed by atoms with Crippen molar-refractivity contribution in [3.8, 4) is 0 Å². The molecule has 19 heteroatoms. The maximum absolute atomic E-state index is 13.0. The Kier molecular flexibility index (Phi) is 57.6. The van der Waals surface area contributed by atoms with Gasteiger partial charge in [-0.3, -0.25) is 37.3 Å². The first-order valence-electron chi connectivity index (χ1n) is 35.8. The number of phosphoric acid groups is 2. The summed E-state index contributed by atoms with van der Waals surface area (Å²) in [6.45, 7) is 14.0. The van der Waals surface area contributed by atoms with E-state index in [-0.39, 0.29) is 25.7 Å². The zero-order valence-electron chi connectivity index (χ0n) is 57.3. The molecule has 0 spiro atoms. The van der Waals surface area contributed by atoms with E-state index in [9.17, 15) is 43.2 Å². The Bertz CT molecular complexity index is 1750. The second-order valence-electron chi connectivity index (χ2n) is 26.4. The van der Waals surface area contributed by atoms with Gasteiger partial charge in [0.25, 0.3) is 0 Å². The summed E-state index contributed by atoms with van der Waals surface area (Å²) in [5, 5.41) is 10.6. The van der Waals surface area contributed by atoms with Gasteiger partial charge in [-0.2, -0.15) is 0 Å². The number of carbonyl (C=O) groups excluding carboxylic acids is 4. The van der Waals surface area contributed by atoms with Crippen molar-refractivity contribution in [3.63, 3.8) is 0 Å². The van der Waals surface area contributed by atoms with E-state index >= 15 is 0 Å². The molecule has 0 amide bonds. The van der Waals surface area contributed by atoms with Crippen LogP contribution in [-0.4, -0.2) is 96.7 Å². The molecule has 0 saturated heterocycles. The van der Waals surface area contributed by atoms with Gasteiger partial charge < -0.3 is 33.8 Å². The average Bonchev–Trinajstić information content (AvgIpc) is 3.58. The standard InChI is InChI=1S/C69H134O17P2/c1-9-61(7)47-39-31-25-27-34-42-50-67(72)80-56-65(86-69(74)52-44-36-28-26-32-40-48-62(8)10-2)58-84-88(77,78)82-54-63(70)53-81-87(75,76)83-57-64(55-79-66(71)49-41-33-23-20-19-22-30-38-46-60(5)6)85-68(73)51-43-35-24-18-16-14-12-11-13-15-17-21-29-37-45-59(3)4/h59-65,70H,9-58H2,1-8H3,(H,75,76)(H,77,78)/t61?,62?,63-,64-,65-/m1/s1. The van der Waals surface area contributed by atoms with Crippen molar-refractivity contribution in [1.29, 1.82) is 0 Å². The minimum absolute atomic E-state index is 0.102. The molecule has 0 aliphatic rings. The number of esters is 4. The lowest BCUT2D eigenvalue weighted by atomic mass is 10.00. The summed E-state index contributed by atoms with van der Waals surface area (Å²) in [7, 11) is -9.90. The molecule has 0 aliphatic carbocycles. The monoisotopic (exact) mass is 1300 g/mol. The lowest BCUT2D eigenvalue weighted by Gasteiger charge is -2.21. The SMILES string of the molecule is CCC(C)CCCCCCCCC(=O)OC[C@H](COP(=O)(O)OC[C@H](O)COP(=O)(O)OC[C@@H](COC(=O)CCCCCCCCCCC(C)C)OC(=O)CCCCCCCCCCCCCCCCC(C)C)OC(=O)CCCCCCCCC(C)CC. The molecule has 7 atom stereocenters. The Morgan fingerprint density at radius 1 is 0.318 bits per heavy atom. The molecule has 0 radical (unpaired) electrons. The van der Waals surface area contributed by atoms with Gasteiger partial charge in [-0.05, 0) is 49.4 Å². The van der Waals surface area contributed by atoms with E-state index in [1.807, 2.05) is 0 Å². The number of hydrogen-bond donors (Lipinski definition) is 3. The van der Waals surface area contributed by atoms with Gasteiger partial charge in [0.05, 0.1) is 26.4 Å². The van der Waals surface area contributed by atoms with Crippen LogP contribution in [0, 0.1) is 23.7 Å². The fourth-order valence-electron chi connectivity index (χ4n) is 10.2. The number of aliphatic hydroxyl groups is 1. The maximum Gasteiger partial charge on any atom is 0.472 e. The number of aliphatic hydroxyl groups excluding tert-OH is 1. The van der Waals surface area contributed by atoms with Crippen LogP contribution in [0.15, 0.2) is 0 Å². The topological polar surface area (TPSA) is 237 Å². The lowest BCUT2D eigenvalue weighted by Crippen LogP contribution is -2.30. The minimum atomic E-state index is -4.95. The van der Waals surface area contributed by atoms with E-state index in [0.717, 1.165) is 120 Å². The van der Waals surface area contributed by atoms with Crippen molar-refractivity contribution < 1.29 is 80.2 Å². The Morgan fingerprint density at radius 3 is 0.807 bits per heavy atom. The molecule has 0 rings (SSSR count). The lowest BCUT2D eigenvalue weighted by molar-refractivity contribution is -0.161. The van der Waals surface area contributed by atoms with E-state index < -0.39 is 97.5 Å². The third-order valence-corrected chi connectivity index (χ3v) is 18.4. The Morgan fingerprint density at radius 2 is 0.545 bits per heavy atom. The zero-order chi connectivity index (χ0) is 65.4. The smallest absolute Gasteiger partial charge is 0.462 e. The first kappa shape index (κ1) is 86.1. The van der Waals surface area contributed by atoms with Crippen LogP contribution in [0.2, 0.25) is 0 Å². The largest absolute Gasteiger partial charge is 0.472 e. The molecular formula is C69H134O17P2. The van der Waals surface area contributed by atoms with Crippen molar-refractivity contribution >= 4 is 39.5 Å². The van der Waals surface area contributed by atoms with Gasteiger partial charge in [-0.25, -0.2) is 9.13 Å². The Balaban J connectivity index is 5.24. The van der Waals surface area contributed by atoms with Crippen LogP contribution < -0.4 is 0 Å². The minimum Gasteiger partial charge on any atom is -0.462 e. The molecule has 0 saturated carbocycles. The molecule has 17 nitrogen and oxygen atoms in total. The van der Waals surface area contributed by atoms with E-state index in [1.54, 1.807) is 0 Å². The molecule has 0 aromatic heterocycles. The van der Waals surface area contributed by atoms with Crippen molar-refractivity contribution in [1.82, 2.24) is 0 Å². The van der Waals surface area contributed by atoms with Gasteiger partial charge in [0.2, 0.25) is 0 Å². The van der Waals surface area contributed by atoms with Crippen LogP contribution >= 0.6 is 15.6 Å². The van der Waals surface area contributed by atoms with Crippen molar-refractivity contribution in [2.45, 2.75) is 356 Å². The molecule has 3 N–H and O–H groups in total. The van der Waals surface area contributed by atoms with Crippen molar-refractivity contribution in [3.05, 3.63) is 0 Å². The van der Waals surface area contributed by atoms with Gasteiger partial charge in [-0.15, -0.1) is 0 Å². The molecule has 0 aromatic carbocycles. The number of carbonyl (C=O) groups is 4. The fraction of sp³-hybridized carbons (Fsp3) is 0.942. The van der Waals surface area contributed by atoms with Crippen LogP contribution in [0.5, 0.6) is 0 Å². The third-order valence-electron chi connectivity index (χ3n) is 16.5. The highest BCUT2D eigenvalue weighted by Gasteiger charge is 2.30. The number of unbranched alkanes of at least 4 members (excludes halogenated alkanes) is 30. The van der Waals surface area contributed by atoms with E-state index in [2.05, 4.69) is 55.4 Å². The Labute approximate surface area is 537 Å². The summed E-state index contributed by atoms with van der Waals surface area (Å²) in [4.78, 5) is 72.4. The Hall–Kier alpha value is -1.94. The molecule has 0 fully saturated rings. The van der Waals surface area contributed by atoms with E-state index in [4.69, 9.17) is 37.0 Å². The first-order chi connectivity index (χ1) is 42.2. The molecular weight excluding hydrogens is 1160 g/mol. The van der Waals surface area contributed by atoms with E-state index in [1.165, 1.54) is 135 Å². The van der Waals surface area contributed by atoms with Crippen LogP contribution in [-0.2, 0) is 65.4 Å². The number of ether oxygens (including phenoxy) is 4.